The van der Waals surface area contributed by atoms with E-state index in [0.29, 0.717) is 30.0 Å². The zero-order valence-electron chi connectivity index (χ0n) is 20.2. The summed E-state index contributed by atoms with van der Waals surface area (Å²) in [6, 6.07) is 3.63. The molecule has 1 N–H and O–H groups in total. The second kappa shape index (κ2) is 9.80. The van der Waals surface area contributed by atoms with Crippen LogP contribution < -0.4 is 10.2 Å². The Bertz CT molecular complexity index is 1190. The van der Waals surface area contributed by atoms with E-state index in [1.54, 1.807) is 6.92 Å². The Morgan fingerprint density at radius 2 is 1.81 bits per heavy atom. The van der Waals surface area contributed by atoms with E-state index in [0.717, 1.165) is 29.9 Å². The van der Waals surface area contributed by atoms with E-state index in [4.69, 9.17) is 4.74 Å². The number of amides is 2. The van der Waals surface area contributed by atoms with Gasteiger partial charge in [-0.2, -0.15) is 17.9 Å². The Labute approximate surface area is 205 Å². The minimum Gasteiger partial charge on any atom is -0.448 e. The smallest absolute Gasteiger partial charge is 0.435 e. The number of anilines is 2. The Kier molecular flexibility index (Phi) is 6.94. The van der Waals surface area contributed by atoms with Crippen LogP contribution in [0.4, 0.5) is 29.5 Å². The van der Waals surface area contributed by atoms with Gasteiger partial charge in [-0.1, -0.05) is 0 Å². The average molecular weight is 509 g/mol. The van der Waals surface area contributed by atoms with Gasteiger partial charge in [-0.3, -0.25) is 9.59 Å². The van der Waals surface area contributed by atoms with Gasteiger partial charge in [0.15, 0.2) is 5.82 Å². The standard InChI is InChI=1S/C23H27F3N6O4/c1-4-36-22(35)32-19-13-31(14(2)33)12-17(19)20(28-32)27-21(34)16-6-5-15(11-18(16)23(24,25)26)30-9-7-29(3)8-10-30/h5-6,11H,4,7-10,12-13H2,1-3H3,(H,27,28,34). The van der Waals surface area contributed by atoms with Gasteiger partial charge in [-0.05, 0) is 32.2 Å². The Morgan fingerprint density at radius 1 is 1.11 bits per heavy atom. The maximum Gasteiger partial charge on any atom is 0.435 e. The van der Waals surface area contributed by atoms with E-state index >= 15 is 0 Å². The maximum atomic E-state index is 14.0. The number of benzene rings is 1. The minimum atomic E-state index is -4.77. The number of halogens is 3. The van der Waals surface area contributed by atoms with Crippen LogP contribution in [0.2, 0.25) is 0 Å². The van der Waals surface area contributed by atoms with Crippen LogP contribution in [0.3, 0.4) is 0 Å². The van der Waals surface area contributed by atoms with Gasteiger partial charge in [0.25, 0.3) is 5.91 Å². The van der Waals surface area contributed by atoms with Crippen LogP contribution in [0.15, 0.2) is 18.2 Å². The second-order valence-corrected chi connectivity index (χ2v) is 8.73. The van der Waals surface area contributed by atoms with E-state index < -0.39 is 29.3 Å². The van der Waals surface area contributed by atoms with E-state index in [1.165, 1.54) is 17.9 Å². The van der Waals surface area contributed by atoms with Gasteiger partial charge in [-0.15, -0.1) is 5.10 Å². The number of piperazine rings is 1. The molecule has 0 radical (unpaired) electrons. The number of rotatable bonds is 4. The molecule has 2 aliphatic heterocycles. The minimum absolute atomic E-state index is 0.0498. The van der Waals surface area contributed by atoms with Crippen LogP contribution in [-0.2, 0) is 28.8 Å². The first kappa shape index (κ1) is 25.5. The van der Waals surface area contributed by atoms with Gasteiger partial charge < -0.3 is 24.8 Å². The third kappa shape index (κ3) is 5.01. The van der Waals surface area contributed by atoms with Crippen LogP contribution in [0, 0.1) is 0 Å². The molecule has 0 unspecified atom stereocenters. The molecule has 0 bridgehead atoms. The van der Waals surface area contributed by atoms with Crippen molar-refractivity contribution in [1.29, 1.82) is 0 Å². The molecule has 2 amide bonds. The number of ether oxygens (including phenoxy) is 1. The molecule has 1 fully saturated rings. The van der Waals surface area contributed by atoms with Gasteiger partial charge in [0.1, 0.15) is 0 Å². The predicted molar refractivity (Wildman–Crippen MR) is 124 cm³/mol. The van der Waals surface area contributed by atoms with Crippen molar-refractivity contribution in [3.63, 3.8) is 0 Å². The second-order valence-electron chi connectivity index (χ2n) is 8.73. The summed E-state index contributed by atoms with van der Waals surface area (Å²) in [5.41, 5.74) is -0.546. The van der Waals surface area contributed by atoms with E-state index in [1.807, 2.05) is 11.9 Å². The summed E-state index contributed by atoms with van der Waals surface area (Å²) in [6.45, 7) is 5.71. The highest BCUT2D eigenvalue weighted by atomic mass is 19.4. The molecule has 0 spiro atoms. The normalized spacial score (nSPS) is 16.2. The van der Waals surface area contributed by atoms with Crippen LogP contribution in [0.25, 0.3) is 0 Å². The van der Waals surface area contributed by atoms with Gasteiger partial charge in [-0.25, -0.2) is 4.79 Å². The molecule has 1 saturated heterocycles. The number of hydrogen-bond acceptors (Lipinski definition) is 7. The number of nitrogens with one attached hydrogen (secondary N) is 1. The lowest BCUT2D eigenvalue weighted by atomic mass is 10.0. The Balaban J connectivity index is 1.65. The molecule has 10 nitrogen and oxygen atoms in total. The molecule has 2 aromatic rings. The highest BCUT2D eigenvalue weighted by molar-refractivity contribution is 6.06. The lowest BCUT2D eigenvalue weighted by Gasteiger charge is -2.34. The molecular formula is C23H27F3N6O4. The van der Waals surface area contributed by atoms with Crippen LogP contribution in [-0.4, -0.2) is 77.3 Å². The number of carbonyl (C=O) groups excluding carboxylic acids is 3. The molecule has 2 aliphatic rings. The number of fused-ring (bicyclic) bond motifs is 1. The van der Waals surface area contributed by atoms with Crippen molar-refractivity contribution in [3.8, 4) is 0 Å². The van der Waals surface area contributed by atoms with Crippen LogP contribution in [0.1, 0.15) is 41.0 Å². The largest absolute Gasteiger partial charge is 0.448 e. The summed E-state index contributed by atoms with van der Waals surface area (Å²) in [6.07, 6.45) is -5.58. The summed E-state index contributed by atoms with van der Waals surface area (Å²) in [7, 11) is 1.95. The van der Waals surface area contributed by atoms with Crippen molar-refractivity contribution in [1.82, 2.24) is 19.6 Å². The number of likely N-dealkylation sites (N-methyl/N-ethyl adjacent to an activating group) is 1. The maximum absolute atomic E-state index is 14.0. The molecule has 0 aliphatic carbocycles. The van der Waals surface area contributed by atoms with Gasteiger partial charge in [0.2, 0.25) is 5.91 Å². The van der Waals surface area contributed by atoms with Crippen LogP contribution >= 0.6 is 0 Å². The molecular weight excluding hydrogens is 481 g/mol. The highest BCUT2D eigenvalue weighted by Gasteiger charge is 2.37. The molecule has 0 saturated carbocycles. The topological polar surface area (TPSA) is 100 Å². The molecule has 1 aromatic carbocycles. The average Bonchev–Trinajstić information content (AvgIpc) is 3.39. The summed E-state index contributed by atoms with van der Waals surface area (Å²) in [5, 5.41) is 6.49. The summed E-state index contributed by atoms with van der Waals surface area (Å²) < 4.78 is 47.8. The highest BCUT2D eigenvalue weighted by Crippen LogP contribution is 2.36. The molecule has 13 heteroatoms. The summed E-state index contributed by atoms with van der Waals surface area (Å²) in [4.78, 5) is 42.6. The first-order chi connectivity index (χ1) is 17.0. The van der Waals surface area contributed by atoms with Crippen molar-refractivity contribution in [3.05, 3.63) is 40.6 Å². The zero-order chi connectivity index (χ0) is 26.2. The monoisotopic (exact) mass is 508 g/mol. The number of alkyl halides is 3. The SMILES string of the molecule is CCOC(=O)n1nc(NC(=O)c2ccc(N3CCN(C)CC3)cc2C(F)(F)F)c2c1CN(C(C)=O)C2. The van der Waals surface area contributed by atoms with Crippen molar-refractivity contribution in [2.24, 2.45) is 0 Å². The van der Waals surface area contributed by atoms with Crippen LogP contribution in [0.5, 0.6) is 0 Å². The Morgan fingerprint density at radius 3 is 2.42 bits per heavy atom. The van der Waals surface area contributed by atoms with Crippen molar-refractivity contribution < 1.29 is 32.3 Å². The van der Waals surface area contributed by atoms with Gasteiger partial charge >= 0.3 is 12.3 Å². The van der Waals surface area contributed by atoms with E-state index in [-0.39, 0.29) is 31.4 Å². The van der Waals surface area contributed by atoms with E-state index in [9.17, 15) is 27.6 Å². The molecule has 194 valence electrons. The zero-order valence-corrected chi connectivity index (χ0v) is 20.2. The predicted octanol–water partition coefficient (Wildman–Crippen LogP) is 2.77. The fourth-order valence-corrected chi connectivity index (χ4v) is 4.30. The fourth-order valence-electron chi connectivity index (χ4n) is 4.30. The quantitative estimate of drug-likeness (QED) is 0.678. The van der Waals surface area contributed by atoms with Crippen molar-refractivity contribution in [2.75, 3.05) is 50.1 Å². The number of hydrogen-bond donors (Lipinski definition) is 1. The number of carbonyl (C=O) groups is 3. The van der Waals surface area contributed by atoms with E-state index in [2.05, 4.69) is 15.3 Å². The fraction of sp³-hybridized carbons (Fsp3) is 0.478. The first-order valence-electron chi connectivity index (χ1n) is 11.5. The van der Waals surface area contributed by atoms with Gasteiger partial charge in [0.05, 0.1) is 36.5 Å². The molecule has 1 aromatic heterocycles. The summed E-state index contributed by atoms with van der Waals surface area (Å²) >= 11 is 0. The molecule has 36 heavy (non-hydrogen) atoms. The first-order valence-corrected chi connectivity index (χ1v) is 11.5. The molecule has 0 atom stereocenters. The lowest BCUT2D eigenvalue weighted by Crippen LogP contribution is -2.44. The number of nitrogens with zero attached hydrogens (tertiary/aromatic N) is 5. The van der Waals surface area contributed by atoms with Crippen molar-refractivity contribution in [2.45, 2.75) is 33.1 Å². The number of aromatic nitrogens is 2. The Hall–Kier alpha value is -3.61. The van der Waals surface area contributed by atoms with Gasteiger partial charge in [0, 0.05) is 44.4 Å². The lowest BCUT2D eigenvalue weighted by molar-refractivity contribution is -0.137. The molecule has 4 rings (SSSR count). The third-order valence-electron chi connectivity index (χ3n) is 6.32. The third-order valence-corrected chi connectivity index (χ3v) is 6.32. The molecule has 3 heterocycles. The summed E-state index contributed by atoms with van der Waals surface area (Å²) in [5.74, 6) is -1.38. The van der Waals surface area contributed by atoms with Crippen molar-refractivity contribution >= 4 is 29.4 Å².